The third-order valence-corrected chi connectivity index (χ3v) is 5.31. The number of amides is 2. The molecule has 5 heteroatoms. The Balaban J connectivity index is 1.63. The van der Waals surface area contributed by atoms with Crippen molar-refractivity contribution < 1.29 is 14.0 Å². The predicted octanol–water partition coefficient (Wildman–Crippen LogP) is 3.56. The fraction of sp³-hybridized carbons (Fsp3) is 0.400. The van der Waals surface area contributed by atoms with Crippen LogP contribution >= 0.6 is 0 Å². The molecule has 1 saturated heterocycles. The van der Waals surface area contributed by atoms with Gasteiger partial charge in [0.05, 0.1) is 12.3 Å². The summed E-state index contributed by atoms with van der Waals surface area (Å²) in [6.07, 6.45) is 5.91. The molecule has 2 aromatic rings. The fourth-order valence-corrected chi connectivity index (χ4v) is 3.91. The van der Waals surface area contributed by atoms with E-state index < -0.39 is 0 Å². The van der Waals surface area contributed by atoms with Gasteiger partial charge in [0.15, 0.2) is 0 Å². The second kappa shape index (κ2) is 6.39. The SMILES string of the molecule is CN1C(=O)CCc2cc(C(=O)N3CCCCC3c3ccco3)ccc21. The molecule has 130 valence electrons. The Hall–Kier alpha value is -2.56. The van der Waals surface area contributed by atoms with Crippen molar-refractivity contribution in [1.29, 1.82) is 0 Å². The third-order valence-electron chi connectivity index (χ3n) is 5.31. The topological polar surface area (TPSA) is 53.8 Å². The number of carbonyl (C=O) groups is 2. The van der Waals surface area contributed by atoms with Gasteiger partial charge in [-0.1, -0.05) is 0 Å². The summed E-state index contributed by atoms with van der Waals surface area (Å²) in [5.41, 5.74) is 2.67. The van der Waals surface area contributed by atoms with E-state index in [1.165, 1.54) is 0 Å². The lowest BCUT2D eigenvalue weighted by atomic mass is 9.96. The number of rotatable bonds is 2. The predicted molar refractivity (Wildman–Crippen MR) is 94.5 cm³/mol. The average Bonchev–Trinajstić information content (AvgIpc) is 3.18. The van der Waals surface area contributed by atoms with Crippen molar-refractivity contribution in [2.45, 2.75) is 38.1 Å². The summed E-state index contributed by atoms with van der Waals surface area (Å²) in [4.78, 5) is 28.6. The first-order valence-corrected chi connectivity index (χ1v) is 8.89. The molecule has 1 fully saturated rings. The molecule has 0 saturated carbocycles. The highest BCUT2D eigenvalue weighted by Crippen LogP contribution is 2.34. The number of piperidine rings is 1. The zero-order valence-corrected chi connectivity index (χ0v) is 14.4. The second-order valence-corrected chi connectivity index (χ2v) is 6.82. The number of benzene rings is 1. The lowest BCUT2D eigenvalue weighted by molar-refractivity contribution is -0.118. The molecule has 0 N–H and O–H groups in total. The van der Waals surface area contributed by atoms with Crippen molar-refractivity contribution >= 4 is 17.5 Å². The van der Waals surface area contributed by atoms with Gasteiger partial charge in [0.1, 0.15) is 5.76 Å². The summed E-state index contributed by atoms with van der Waals surface area (Å²) in [7, 11) is 1.79. The van der Waals surface area contributed by atoms with Crippen LogP contribution in [-0.2, 0) is 11.2 Å². The number of anilines is 1. The Morgan fingerprint density at radius 2 is 2.08 bits per heavy atom. The minimum absolute atomic E-state index is 0.0107. The summed E-state index contributed by atoms with van der Waals surface area (Å²) < 4.78 is 5.57. The molecule has 2 aliphatic rings. The summed E-state index contributed by atoms with van der Waals surface area (Å²) in [5.74, 6) is 1.03. The van der Waals surface area contributed by atoms with E-state index in [9.17, 15) is 9.59 Å². The highest BCUT2D eigenvalue weighted by atomic mass is 16.3. The normalized spacial score (nSPS) is 20.5. The molecular formula is C20H22N2O3. The van der Waals surface area contributed by atoms with E-state index in [4.69, 9.17) is 4.42 Å². The van der Waals surface area contributed by atoms with Crippen LogP contribution in [0, 0.1) is 0 Å². The molecule has 1 unspecified atom stereocenters. The molecule has 1 aromatic carbocycles. The zero-order chi connectivity index (χ0) is 17.4. The third kappa shape index (κ3) is 2.84. The Labute approximate surface area is 147 Å². The molecule has 0 bridgehead atoms. The first-order chi connectivity index (χ1) is 12.1. The van der Waals surface area contributed by atoms with E-state index >= 15 is 0 Å². The number of aryl methyl sites for hydroxylation is 1. The van der Waals surface area contributed by atoms with Crippen LogP contribution in [0.1, 0.15) is 53.4 Å². The number of nitrogens with zero attached hydrogens (tertiary/aromatic N) is 2. The first-order valence-electron chi connectivity index (χ1n) is 8.89. The molecule has 3 heterocycles. The molecule has 0 radical (unpaired) electrons. The lowest BCUT2D eigenvalue weighted by Gasteiger charge is -2.35. The van der Waals surface area contributed by atoms with Gasteiger partial charge in [-0.3, -0.25) is 9.59 Å². The molecule has 5 nitrogen and oxygen atoms in total. The van der Waals surface area contributed by atoms with Gasteiger partial charge in [0, 0.05) is 31.3 Å². The minimum atomic E-state index is 0.0107. The zero-order valence-electron chi connectivity index (χ0n) is 14.4. The van der Waals surface area contributed by atoms with E-state index in [-0.39, 0.29) is 17.9 Å². The summed E-state index contributed by atoms with van der Waals surface area (Å²) in [6, 6.07) is 9.52. The molecular weight excluding hydrogens is 316 g/mol. The van der Waals surface area contributed by atoms with Gasteiger partial charge in [0.25, 0.3) is 5.91 Å². The number of likely N-dealkylation sites (tertiary alicyclic amines) is 1. The Morgan fingerprint density at radius 1 is 1.20 bits per heavy atom. The number of fused-ring (bicyclic) bond motifs is 1. The number of furan rings is 1. The first kappa shape index (κ1) is 15.9. The van der Waals surface area contributed by atoms with E-state index in [0.717, 1.165) is 42.8 Å². The van der Waals surface area contributed by atoms with Gasteiger partial charge in [-0.05, 0) is 61.6 Å². The van der Waals surface area contributed by atoms with Crippen molar-refractivity contribution in [3.63, 3.8) is 0 Å². The van der Waals surface area contributed by atoms with Crippen molar-refractivity contribution in [3.05, 3.63) is 53.5 Å². The average molecular weight is 338 g/mol. The van der Waals surface area contributed by atoms with Crippen molar-refractivity contribution in [2.24, 2.45) is 0 Å². The molecule has 2 aliphatic heterocycles. The summed E-state index contributed by atoms with van der Waals surface area (Å²) in [5, 5.41) is 0. The van der Waals surface area contributed by atoms with Crippen LogP contribution in [0.4, 0.5) is 5.69 Å². The molecule has 0 aliphatic carbocycles. The van der Waals surface area contributed by atoms with Crippen LogP contribution in [0.15, 0.2) is 41.0 Å². The van der Waals surface area contributed by atoms with Gasteiger partial charge in [0.2, 0.25) is 5.91 Å². The largest absolute Gasteiger partial charge is 0.467 e. The van der Waals surface area contributed by atoms with Crippen LogP contribution in [-0.4, -0.2) is 30.3 Å². The van der Waals surface area contributed by atoms with E-state index in [0.29, 0.717) is 18.4 Å². The Bertz CT molecular complexity index is 797. The van der Waals surface area contributed by atoms with Crippen LogP contribution in [0.2, 0.25) is 0 Å². The lowest BCUT2D eigenvalue weighted by Crippen LogP contribution is -2.38. The van der Waals surface area contributed by atoms with Crippen LogP contribution < -0.4 is 4.90 Å². The molecule has 2 amide bonds. The van der Waals surface area contributed by atoms with Gasteiger partial charge >= 0.3 is 0 Å². The van der Waals surface area contributed by atoms with Crippen LogP contribution in [0.25, 0.3) is 0 Å². The van der Waals surface area contributed by atoms with Crippen LogP contribution in [0.3, 0.4) is 0 Å². The highest BCUT2D eigenvalue weighted by molar-refractivity contribution is 5.99. The van der Waals surface area contributed by atoms with Gasteiger partial charge in [-0.15, -0.1) is 0 Å². The standard InChI is InChI=1S/C20H22N2O3/c1-21-16-9-7-15(13-14(16)8-10-19(21)23)20(24)22-11-3-2-5-17(22)18-6-4-12-25-18/h4,6-7,9,12-13,17H,2-3,5,8,10-11H2,1H3. The van der Waals surface area contributed by atoms with Crippen LogP contribution in [0.5, 0.6) is 0 Å². The molecule has 25 heavy (non-hydrogen) atoms. The quantitative estimate of drug-likeness (QED) is 0.841. The Kier molecular flexibility index (Phi) is 4.07. The number of hydrogen-bond acceptors (Lipinski definition) is 3. The fourth-order valence-electron chi connectivity index (χ4n) is 3.91. The monoisotopic (exact) mass is 338 g/mol. The van der Waals surface area contributed by atoms with E-state index in [2.05, 4.69) is 0 Å². The number of hydrogen-bond donors (Lipinski definition) is 0. The summed E-state index contributed by atoms with van der Waals surface area (Å²) in [6.45, 7) is 0.750. The van der Waals surface area contributed by atoms with Crippen molar-refractivity contribution in [3.8, 4) is 0 Å². The molecule has 1 atom stereocenters. The smallest absolute Gasteiger partial charge is 0.254 e. The van der Waals surface area contributed by atoms with E-state index in [1.54, 1.807) is 18.2 Å². The van der Waals surface area contributed by atoms with Crippen molar-refractivity contribution in [1.82, 2.24) is 4.90 Å². The summed E-state index contributed by atoms with van der Waals surface area (Å²) >= 11 is 0. The van der Waals surface area contributed by atoms with Gasteiger partial charge in [-0.2, -0.15) is 0 Å². The molecule has 0 spiro atoms. The van der Waals surface area contributed by atoms with E-state index in [1.807, 2.05) is 35.2 Å². The molecule has 4 rings (SSSR count). The minimum Gasteiger partial charge on any atom is -0.467 e. The maximum atomic E-state index is 13.1. The highest BCUT2D eigenvalue weighted by Gasteiger charge is 2.31. The Morgan fingerprint density at radius 3 is 2.88 bits per heavy atom. The number of carbonyl (C=O) groups excluding carboxylic acids is 2. The van der Waals surface area contributed by atoms with Gasteiger partial charge in [-0.25, -0.2) is 0 Å². The van der Waals surface area contributed by atoms with Gasteiger partial charge < -0.3 is 14.2 Å². The second-order valence-electron chi connectivity index (χ2n) is 6.82. The maximum Gasteiger partial charge on any atom is 0.254 e. The van der Waals surface area contributed by atoms with Crippen molar-refractivity contribution in [2.75, 3.05) is 18.5 Å². The maximum absolute atomic E-state index is 13.1. The molecule has 1 aromatic heterocycles.